The molecule has 0 aromatic carbocycles. The molecule has 0 bridgehead atoms. The Balaban J connectivity index is 3.16. The Kier molecular flexibility index (Phi) is 8.87. The molecule has 1 N–H and O–H groups in total. The summed E-state index contributed by atoms with van der Waals surface area (Å²) in [7, 11) is 0. The Labute approximate surface area is 99.0 Å². The summed E-state index contributed by atoms with van der Waals surface area (Å²) in [6, 6.07) is 0. The predicted octanol–water partition coefficient (Wildman–Crippen LogP) is 2.69. The van der Waals surface area contributed by atoms with Crippen LogP contribution < -0.4 is 5.32 Å². The van der Waals surface area contributed by atoms with E-state index in [2.05, 4.69) is 5.32 Å². The lowest BCUT2D eigenvalue weighted by atomic mass is 10.0. The van der Waals surface area contributed by atoms with Crippen LogP contribution in [0.2, 0.25) is 0 Å². The van der Waals surface area contributed by atoms with Crippen LogP contribution in [0.25, 0.3) is 0 Å². The van der Waals surface area contributed by atoms with Gasteiger partial charge >= 0.3 is 0 Å². The zero-order valence-corrected chi connectivity index (χ0v) is 10.8. The molecule has 0 radical (unpaired) electrons. The number of unbranched alkanes of at least 4 members (excludes halogenated alkanes) is 4. The van der Waals surface area contributed by atoms with Gasteiger partial charge in [0.05, 0.1) is 0 Å². The average Bonchev–Trinajstić information content (AvgIpc) is 2.21. The van der Waals surface area contributed by atoms with Crippen molar-refractivity contribution in [3.8, 4) is 0 Å². The number of carbonyl (C=O) groups is 2. The monoisotopic (exact) mass is 227 g/mol. The van der Waals surface area contributed by atoms with Crippen molar-refractivity contribution in [1.82, 2.24) is 5.32 Å². The lowest BCUT2D eigenvalue weighted by molar-refractivity contribution is -0.122. The molecular formula is C13H25NO2. The second-order valence-corrected chi connectivity index (χ2v) is 4.62. The summed E-state index contributed by atoms with van der Waals surface area (Å²) in [4.78, 5) is 21.9. The van der Waals surface area contributed by atoms with E-state index in [9.17, 15) is 9.59 Å². The Morgan fingerprint density at radius 2 is 1.56 bits per heavy atom. The predicted molar refractivity (Wildman–Crippen MR) is 66.2 cm³/mol. The van der Waals surface area contributed by atoms with Crippen molar-refractivity contribution in [3.63, 3.8) is 0 Å². The van der Waals surface area contributed by atoms with Crippen LogP contribution in [-0.2, 0) is 9.59 Å². The first-order valence-corrected chi connectivity index (χ1v) is 6.31. The quantitative estimate of drug-likeness (QED) is 0.616. The summed E-state index contributed by atoms with van der Waals surface area (Å²) in [6.07, 6.45) is 6.19. The molecule has 0 unspecified atom stereocenters. The molecule has 0 atom stereocenters. The van der Waals surface area contributed by atoms with Crippen molar-refractivity contribution < 1.29 is 9.59 Å². The normalized spacial score (nSPS) is 10.5. The van der Waals surface area contributed by atoms with E-state index in [0.29, 0.717) is 5.78 Å². The first kappa shape index (κ1) is 15.1. The number of ketones is 1. The van der Waals surface area contributed by atoms with Crippen molar-refractivity contribution in [2.45, 2.75) is 59.3 Å². The Bertz CT molecular complexity index is 212. The molecule has 3 heteroatoms. The molecule has 3 nitrogen and oxygen atoms in total. The van der Waals surface area contributed by atoms with Gasteiger partial charge in [-0.05, 0) is 12.8 Å². The highest BCUT2D eigenvalue weighted by molar-refractivity contribution is 5.80. The third kappa shape index (κ3) is 9.69. The second-order valence-electron chi connectivity index (χ2n) is 4.62. The molecule has 0 fully saturated rings. The fourth-order valence-corrected chi connectivity index (χ4v) is 1.51. The molecule has 0 aromatic heterocycles. The average molecular weight is 227 g/mol. The SMILES string of the molecule is CC(=O)NCCCCCCCC(=O)C(C)C. The molecule has 0 saturated heterocycles. The van der Waals surface area contributed by atoms with Crippen molar-refractivity contribution in [2.75, 3.05) is 6.54 Å². The van der Waals surface area contributed by atoms with Crippen LogP contribution in [0.15, 0.2) is 0 Å². The molecule has 0 aliphatic rings. The fraction of sp³-hybridized carbons (Fsp3) is 0.846. The Morgan fingerprint density at radius 1 is 1.00 bits per heavy atom. The van der Waals surface area contributed by atoms with E-state index in [1.807, 2.05) is 13.8 Å². The summed E-state index contributed by atoms with van der Waals surface area (Å²) in [5.41, 5.74) is 0. The first-order chi connectivity index (χ1) is 7.54. The Hall–Kier alpha value is -0.860. The van der Waals surface area contributed by atoms with E-state index in [0.717, 1.165) is 45.1 Å². The van der Waals surface area contributed by atoms with Crippen molar-refractivity contribution in [1.29, 1.82) is 0 Å². The maximum atomic E-state index is 11.3. The van der Waals surface area contributed by atoms with Crippen LogP contribution in [0.1, 0.15) is 59.3 Å². The molecule has 0 aromatic rings. The van der Waals surface area contributed by atoms with Gasteiger partial charge in [-0.15, -0.1) is 0 Å². The zero-order valence-electron chi connectivity index (χ0n) is 10.8. The van der Waals surface area contributed by atoms with E-state index in [1.165, 1.54) is 6.92 Å². The molecule has 0 spiro atoms. The molecule has 0 rings (SSSR count). The van der Waals surface area contributed by atoms with Crippen LogP contribution in [0.5, 0.6) is 0 Å². The summed E-state index contributed by atoms with van der Waals surface area (Å²) in [5.74, 6) is 0.598. The van der Waals surface area contributed by atoms with E-state index < -0.39 is 0 Å². The topological polar surface area (TPSA) is 46.2 Å². The fourth-order valence-electron chi connectivity index (χ4n) is 1.51. The Morgan fingerprint density at radius 3 is 2.12 bits per heavy atom. The maximum Gasteiger partial charge on any atom is 0.216 e. The summed E-state index contributed by atoms with van der Waals surface area (Å²) in [5, 5.41) is 2.78. The van der Waals surface area contributed by atoms with Gasteiger partial charge in [-0.3, -0.25) is 9.59 Å². The minimum Gasteiger partial charge on any atom is -0.356 e. The zero-order chi connectivity index (χ0) is 12.4. The van der Waals surface area contributed by atoms with Crippen LogP contribution in [-0.4, -0.2) is 18.2 Å². The maximum absolute atomic E-state index is 11.3. The number of hydrogen-bond acceptors (Lipinski definition) is 2. The van der Waals surface area contributed by atoms with E-state index in [1.54, 1.807) is 0 Å². The van der Waals surface area contributed by atoms with Gasteiger partial charge in [-0.25, -0.2) is 0 Å². The number of carbonyl (C=O) groups excluding carboxylic acids is 2. The van der Waals surface area contributed by atoms with Crippen LogP contribution in [0.3, 0.4) is 0 Å². The molecule has 0 heterocycles. The third-order valence-electron chi connectivity index (χ3n) is 2.62. The van der Waals surface area contributed by atoms with Gasteiger partial charge in [0.25, 0.3) is 0 Å². The highest BCUT2D eigenvalue weighted by Gasteiger charge is 2.05. The van der Waals surface area contributed by atoms with Crippen molar-refractivity contribution in [3.05, 3.63) is 0 Å². The molecule has 0 saturated carbocycles. The lowest BCUT2D eigenvalue weighted by Crippen LogP contribution is -2.20. The highest BCUT2D eigenvalue weighted by atomic mass is 16.1. The third-order valence-corrected chi connectivity index (χ3v) is 2.62. The number of hydrogen-bond donors (Lipinski definition) is 1. The number of nitrogens with one attached hydrogen (secondary N) is 1. The van der Waals surface area contributed by atoms with Crippen LogP contribution in [0, 0.1) is 5.92 Å². The van der Waals surface area contributed by atoms with E-state index >= 15 is 0 Å². The van der Waals surface area contributed by atoms with Gasteiger partial charge in [0, 0.05) is 25.8 Å². The number of amides is 1. The molecule has 0 aliphatic heterocycles. The van der Waals surface area contributed by atoms with Crippen molar-refractivity contribution >= 4 is 11.7 Å². The lowest BCUT2D eigenvalue weighted by Gasteiger charge is -2.04. The van der Waals surface area contributed by atoms with Crippen LogP contribution in [0.4, 0.5) is 0 Å². The standard InChI is InChI=1S/C13H25NO2/c1-11(2)13(16)9-7-5-4-6-8-10-14-12(3)15/h11H,4-10H2,1-3H3,(H,14,15). The largest absolute Gasteiger partial charge is 0.356 e. The smallest absolute Gasteiger partial charge is 0.216 e. The minimum absolute atomic E-state index is 0.0440. The van der Waals surface area contributed by atoms with Gasteiger partial charge in [0.15, 0.2) is 0 Å². The van der Waals surface area contributed by atoms with E-state index in [4.69, 9.17) is 0 Å². The molecule has 1 amide bonds. The first-order valence-electron chi connectivity index (χ1n) is 6.31. The summed E-state index contributed by atoms with van der Waals surface area (Å²) >= 11 is 0. The summed E-state index contributed by atoms with van der Waals surface area (Å²) < 4.78 is 0. The second kappa shape index (κ2) is 9.37. The summed E-state index contributed by atoms with van der Waals surface area (Å²) in [6.45, 7) is 6.23. The number of rotatable bonds is 9. The van der Waals surface area contributed by atoms with Gasteiger partial charge < -0.3 is 5.32 Å². The van der Waals surface area contributed by atoms with Crippen LogP contribution >= 0.6 is 0 Å². The van der Waals surface area contributed by atoms with Gasteiger partial charge in [0.1, 0.15) is 5.78 Å². The van der Waals surface area contributed by atoms with Gasteiger partial charge in [-0.2, -0.15) is 0 Å². The van der Waals surface area contributed by atoms with Crippen molar-refractivity contribution in [2.24, 2.45) is 5.92 Å². The minimum atomic E-state index is 0.0440. The highest BCUT2D eigenvalue weighted by Crippen LogP contribution is 2.08. The number of Topliss-reactive ketones (excluding diaryl/α,β-unsaturated/α-hetero) is 1. The molecule has 0 aliphatic carbocycles. The van der Waals surface area contributed by atoms with E-state index in [-0.39, 0.29) is 11.8 Å². The van der Waals surface area contributed by atoms with Gasteiger partial charge in [-0.1, -0.05) is 33.1 Å². The van der Waals surface area contributed by atoms with Gasteiger partial charge in [0.2, 0.25) is 5.91 Å². The molecule has 16 heavy (non-hydrogen) atoms. The molecular weight excluding hydrogens is 202 g/mol. The molecule has 94 valence electrons.